The first-order chi connectivity index (χ1) is 21.2. The van der Waals surface area contributed by atoms with Gasteiger partial charge in [-0.25, -0.2) is 23.6 Å². The van der Waals surface area contributed by atoms with Crippen LogP contribution in [0.2, 0.25) is 0 Å². The highest BCUT2D eigenvalue weighted by Crippen LogP contribution is 2.47. The molecular formula is C31H27FN4O8. The minimum atomic E-state index is -2.21. The van der Waals surface area contributed by atoms with Crippen molar-refractivity contribution in [2.75, 3.05) is 26.2 Å². The van der Waals surface area contributed by atoms with E-state index in [9.17, 15) is 23.6 Å². The van der Waals surface area contributed by atoms with Crippen molar-refractivity contribution in [2.45, 2.75) is 37.0 Å². The largest absolute Gasteiger partial charge is 0.404 e. The Bertz CT molecular complexity index is 1700. The third-order valence-corrected chi connectivity index (χ3v) is 8.43. The van der Waals surface area contributed by atoms with Crippen LogP contribution in [0, 0.1) is 5.82 Å². The topological polar surface area (TPSA) is 140 Å². The number of aromatic nitrogens is 2. The number of likely N-dealkylation sites (tertiary alicyclic amines) is 1. The summed E-state index contributed by atoms with van der Waals surface area (Å²) in [6.07, 6.45) is 5.24. The van der Waals surface area contributed by atoms with Gasteiger partial charge in [-0.15, -0.1) is 0 Å². The van der Waals surface area contributed by atoms with Gasteiger partial charge < -0.3 is 23.8 Å². The fourth-order valence-corrected chi connectivity index (χ4v) is 6.45. The molecule has 4 aliphatic rings. The van der Waals surface area contributed by atoms with E-state index in [1.165, 1.54) is 17.0 Å². The minimum Gasteiger partial charge on any atom is -0.404 e. The normalized spacial score (nSPS) is 21.8. The van der Waals surface area contributed by atoms with Crippen LogP contribution in [0.5, 0.6) is 0 Å². The number of rotatable bonds is 4. The van der Waals surface area contributed by atoms with Crippen molar-refractivity contribution in [3.63, 3.8) is 0 Å². The molecule has 1 aromatic heterocycles. The number of nitrogens with one attached hydrogen (secondary N) is 1. The summed E-state index contributed by atoms with van der Waals surface area (Å²) in [5.41, 5.74) is 2.36. The number of H-pyrrole nitrogens is 1. The van der Waals surface area contributed by atoms with E-state index in [0.717, 1.165) is 48.2 Å². The summed E-state index contributed by atoms with van der Waals surface area (Å²) in [5.74, 6) is -7.93. The van der Waals surface area contributed by atoms with Gasteiger partial charge in [0.05, 0.1) is 17.5 Å². The lowest BCUT2D eigenvalue weighted by Gasteiger charge is -2.52. The van der Waals surface area contributed by atoms with Crippen LogP contribution in [-0.4, -0.2) is 76.0 Å². The SMILES string of the molecule is O=C1C=CC(=O)OC2(Cc3ccccc3C3(OC(=O)C=CC(=O)O3)N2CCN2CCC(c3[nH]nc4cc(F)ccc34)CC2)O1. The lowest BCUT2D eigenvalue weighted by molar-refractivity contribution is -0.396. The Hall–Kier alpha value is -4.88. The number of aromatic amines is 1. The average molecular weight is 603 g/mol. The highest BCUT2D eigenvalue weighted by Gasteiger charge is 2.64. The molecular weight excluding hydrogens is 575 g/mol. The van der Waals surface area contributed by atoms with E-state index in [-0.39, 0.29) is 24.7 Å². The van der Waals surface area contributed by atoms with Gasteiger partial charge in [-0.3, -0.25) is 5.10 Å². The quantitative estimate of drug-likeness (QED) is 0.441. The maximum Gasteiger partial charge on any atom is 0.355 e. The Labute approximate surface area is 250 Å². The Morgan fingerprint density at radius 1 is 0.841 bits per heavy atom. The minimum absolute atomic E-state index is 0.00634. The van der Waals surface area contributed by atoms with E-state index in [4.69, 9.17) is 18.9 Å². The highest BCUT2D eigenvalue weighted by molar-refractivity contribution is 5.94. The average Bonchev–Trinajstić information content (AvgIpc) is 3.27. The monoisotopic (exact) mass is 602 g/mol. The van der Waals surface area contributed by atoms with E-state index >= 15 is 0 Å². The van der Waals surface area contributed by atoms with Crippen molar-refractivity contribution in [3.8, 4) is 0 Å². The van der Waals surface area contributed by atoms with Crippen LogP contribution in [0.25, 0.3) is 10.9 Å². The molecule has 1 fully saturated rings. The first-order valence-corrected chi connectivity index (χ1v) is 14.2. The second kappa shape index (κ2) is 10.7. The fourth-order valence-electron chi connectivity index (χ4n) is 6.45. The van der Waals surface area contributed by atoms with Crippen molar-refractivity contribution in [3.05, 3.63) is 89.4 Å². The number of esters is 4. The smallest absolute Gasteiger partial charge is 0.355 e. The molecule has 0 saturated carbocycles. The van der Waals surface area contributed by atoms with Crippen LogP contribution in [0.1, 0.15) is 35.6 Å². The van der Waals surface area contributed by atoms with Crippen LogP contribution in [0.3, 0.4) is 0 Å². The van der Waals surface area contributed by atoms with Gasteiger partial charge in [0.1, 0.15) is 5.82 Å². The van der Waals surface area contributed by atoms with E-state index < -0.39 is 35.7 Å². The summed E-state index contributed by atoms with van der Waals surface area (Å²) in [4.78, 5) is 54.7. The van der Waals surface area contributed by atoms with Gasteiger partial charge in [0.2, 0.25) is 0 Å². The number of hydrogen-bond donors (Lipinski definition) is 1. The van der Waals surface area contributed by atoms with Crippen LogP contribution in [0.15, 0.2) is 66.8 Å². The van der Waals surface area contributed by atoms with Crippen molar-refractivity contribution in [1.29, 1.82) is 0 Å². The van der Waals surface area contributed by atoms with Crippen molar-refractivity contribution >= 4 is 34.8 Å². The van der Waals surface area contributed by atoms with Crippen LogP contribution in [0.4, 0.5) is 4.39 Å². The summed E-state index contributed by atoms with van der Waals surface area (Å²) in [7, 11) is 0. The second-order valence-electron chi connectivity index (χ2n) is 11.0. The first-order valence-electron chi connectivity index (χ1n) is 14.2. The molecule has 1 saturated heterocycles. The molecule has 44 heavy (non-hydrogen) atoms. The zero-order valence-corrected chi connectivity index (χ0v) is 23.4. The lowest BCUT2D eigenvalue weighted by atomic mass is 9.91. The predicted octanol–water partition coefficient (Wildman–Crippen LogP) is 2.52. The summed E-state index contributed by atoms with van der Waals surface area (Å²) in [5, 5.41) is 8.23. The van der Waals surface area contributed by atoms with Crippen LogP contribution >= 0.6 is 0 Å². The maximum absolute atomic E-state index is 13.7. The van der Waals surface area contributed by atoms with E-state index in [0.29, 0.717) is 36.3 Å². The number of benzene rings is 2. The van der Waals surface area contributed by atoms with Crippen molar-refractivity contribution in [2.24, 2.45) is 0 Å². The first kappa shape index (κ1) is 27.9. The highest BCUT2D eigenvalue weighted by atomic mass is 19.1. The molecule has 13 heteroatoms. The van der Waals surface area contributed by atoms with Crippen LogP contribution in [-0.2, 0) is 50.5 Å². The molecule has 0 bridgehead atoms. The van der Waals surface area contributed by atoms with E-state index in [2.05, 4.69) is 15.1 Å². The van der Waals surface area contributed by atoms with Crippen molar-refractivity contribution < 1.29 is 42.5 Å². The van der Waals surface area contributed by atoms with Gasteiger partial charge in [-0.1, -0.05) is 18.2 Å². The number of piperidine rings is 1. The fraction of sp³-hybridized carbons (Fsp3) is 0.323. The maximum atomic E-state index is 13.7. The van der Waals surface area contributed by atoms with E-state index in [1.54, 1.807) is 30.3 Å². The predicted molar refractivity (Wildman–Crippen MR) is 148 cm³/mol. The van der Waals surface area contributed by atoms with E-state index in [1.807, 2.05) is 0 Å². The molecule has 0 unspecified atom stereocenters. The van der Waals surface area contributed by atoms with Gasteiger partial charge in [-0.2, -0.15) is 10.00 Å². The molecule has 4 aliphatic heterocycles. The number of ether oxygens (including phenoxy) is 4. The molecule has 2 spiro atoms. The van der Waals surface area contributed by atoms with Gasteiger partial charge in [0, 0.05) is 60.5 Å². The molecule has 7 rings (SSSR count). The van der Waals surface area contributed by atoms with Gasteiger partial charge in [-0.05, 0) is 49.7 Å². The van der Waals surface area contributed by atoms with Crippen molar-refractivity contribution in [1.82, 2.24) is 20.0 Å². The summed E-state index contributed by atoms with van der Waals surface area (Å²) >= 11 is 0. The van der Waals surface area contributed by atoms with Crippen LogP contribution < -0.4 is 0 Å². The van der Waals surface area contributed by atoms with Gasteiger partial charge in [0.15, 0.2) is 0 Å². The Kier molecular flexibility index (Phi) is 6.78. The number of halogens is 1. The Morgan fingerprint density at radius 3 is 2.16 bits per heavy atom. The zero-order valence-electron chi connectivity index (χ0n) is 23.4. The standard InChI is InChI=1S/C31H27FN4O8/c32-21-5-6-22-24(17-21)33-34-29(22)19-11-13-35(14-12-19)15-16-36-30(41-25(37)7-8-26(38)42-30)18-20-3-1-2-4-23(20)31(36)43-27(39)9-10-28(40)44-31/h1-10,17,19H,11-16,18H2,(H,33,34). The summed E-state index contributed by atoms with van der Waals surface area (Å²) < 4.78 is 36.9. The summed E-state index contributed by atoms with van der Waals surface area (Å²) in [6.45, 7) is 1.68. The molecule has 5 heterocycles. The molecule has 3 aromatic rings. The molecule has 1 N–H and O–H groups in total. The Morgan fingerprint density at radius 2 is 1.48 bits per heavy atom. The number of hydrogen-bond acceptors (Lipinski definition) is 11. The second-order valence-corrected chi connectivity index (χ2v) is 11.0. The zero-order chi connectivity index (χ0) is 30.5. The molecule has 0 aliphatic carbocycles. The molecule has 226 valence electrons. The Balaban J connectivity index is 1.19. The third kappa shape index (κ3) is 4.83. The number of carbonyl (C=O) groups excluding carboxylic acids is 4. The molecule has 0 radical (unpaired) electrons. The number of carbonyl (C=O) groups is 4. The molecule has 12 nitrogen and oxygen atoms in total. The molecule has 0 amide bonds. The molecule has 2 aromatic carbocycles. The number of nitrogens with zero attached hydrogens (tertiary/aromatic N) is 3. The number of fused-ring (bicyclic) bond motifs is 3. The summed E-state index contributed by atoms with van der Waals surface area (Å²) in [6, 6.07) is 11.3. The molecule has 0 atom stereocenters. The van der Waals surface area contributed by atoms with Gasteiger partial charge in [0.25, 0.3) is 0 Å². The third-order valence-electron chi connectivity index (χ3n) is 8.43. The lowest BCUT2D eigenvalue weighted by Crippen LogP contribution is -2.69. The van der Waals surface area contributed by atoms with Gasteiger partial charge >= 0.3 is 35.7 Å².